The third-order valence-electron chi connectivity index (χ3n) is 5.59. The summed E-state index contributed by atoms with van der Waals surface area (Å²) < 4.78 is 0. The molecule has 4 nitrogen and oxygen atoms in total. The van der Waals surface area contributed by atoms with Gasteiger partial charge < -0.3 is 15.3 Å². The van der Waals surface area contributed by atoms with Gasteiger partial charge in [-0.15, -0.1) is 0 Å². The van der Waals surface area contributed by atoms with Gasteiger partial charge in [0.25, 0.3) is 0 Å². The first kappa shape index (κ1) is 27.1. The zero-order valence-electron chi connectivity index (χ0n) is 17.2. The van der Waals surface area contributed by atoms with Crippen LogP contribution in [0.25, 0.3) is 0 Å². The summed E-state index contributed by atoms with van der Waals surface area (Å²) in [4.78, 5) is 2.48. The smallest absolute Gasteiger partial charge is 0.0471 e. The molecule has 1 aromatic rings. The van der Waals surface area contributed by atoms with Crippen molar-refractivity contribution in [2.75, 3.05) is 33.4 Å². The first-order valence-electron chi connectivity index (χ1n) is 10.7. The molecule has 1 unspecified atom stereocenters. The third kappa shape index (κ3) is 11.8. The Labute approximate surface area is 173 Å². The van der Waals surface area contributed by atoms with Crippen LogP contribution in [0.2, 0.25) is 0 Å². The van der Waals surface area contributed by atoms with Crippen LogP contribution >= 0.6 is 0 Å². The highest BCUT2D eigenvalue weighted by Crippen LogP contribution is 2.21. The van der Waals surface area contributed by atoms with Crippen LogP contribution in [-0.2, 0) is 6.54 Å². The van der Waals surface area contributed by atoms with Gasteiger partial charge in [0.2, 0.25) is 0 Å². The highest BCUT2D eigenvalue weighted by atomic mass is 16.3. The van der Waals surface area contributed by atoms with Gasteiger partial charge in [-0.3, -0.25) is 4.90 Å². The molecule has 1 aliphatic carbocycles. The molecule has 28 heavy (non-hydrogen) atoms. The molecule has 1 aromatic carbocycles. The number of rotatable bonds is 4. The number of aliphatic hydroxyl groups excluding tert-OH is 3. The molecular formula is C24H45NO3. The van der Waals surface area contributed by atoms with Crippen molar-refractivity contribution < 1.29 is 15.3 Å². The quantitative estimate of drug-likeness (QED) is 0.658. The van der Waals surface area contributed by atoms with Gasteiger partial charge in [-0.25, -0.2) is 0 Å². The molecule has 1 saturated heterocycles. The van der Waals surface area contributed by atoms with Crippen LogP contribution in [0.4, 0.5) is 0 Å². The Bertz CT molecular complexity index is 433. The Morgan fingerprint density at radius 3 is 1.89 bits per heavy atom. The highest BCUT2D eigenvalue weighted by molar-refractivity contribution is 5.14. The second-order valence-corrected chi connectivity index (χ2v) is 7.81. The van der Waals surface area contributed by atoms with Gasteiger partial charge >= 0.3 is 0 Å². The molecule has 2 aliphatic rings. The predicted molar refractivity (Wildman–Crippen MR) is 119 cm³/mol. The van der Waals surface area contributed by atoms with E-state index in [9.17, 15) is 5.11 Å². The summed E-state index contributed by atoms with van der Waals surface area (Å²) in [5, 5.41) is 25.1. The average Bonchev–Trinajstić information content (AvgIpc) is 3.13. The van der Waals surface area contributed by atoms with Crippen LogP contribution in [0.3, 0.4) is 0 Å². The molecular weight excluding hydrogens is 350 g/mol. The summed E-state index contributed by atoms with van der Waals surface area (Å²) in [6.07, 6.45) is 11.7. The number of nitrogens with zero attached hydrogens (tertiary/aromatic N) is 1. The van der Waals surface area contributed by atoms with Crippen molar-refractivity contribution in [2.24, 2.45) is 11.8 Å². The topological polar surface area (TPSA) is 63.9 Å². The van der Waals surface area contributed by atoms with Crippen LogP contribution in [0.1, 0.15) is 70.8 Å². The third-order valence-corrected chi connectivity index (χ3v) is 5.59. The first-order chi connectivity index (χ1) is 13.3. The largest absolute Gasteiger partial charge is 0.400 e. The number of aliphatic hydroxyl groups is 3. The van der Waals surface area contributed by atoms with Crippen LogP contribution in [0, 0.1) is 11.8 Å². The van der Waals surface area contributed by atoms with E-state index in [4.69, 9.17) is 10.2 Å². The maximum Gasteiger partial charge on any atom is 0.0471 e. The van der Waals surface area contributed by atoms with E-state index < -0.39 is 0 Å². The lowest BCUT2D eigenvalue weighted by Gasteiger charge is -2.23. The van der Waals surface area contributed by atoms with Gasteiger partial charge in [0.15, 0.2) is 0 Å². The molecule has 3 rings (SSSR count). The van der Waals surface area contributed by atoms with E-state index in [1.54, 1.807) is 0 Å². The average molecular weight is 396 g/mol. The molecule has 1 saturated carbocycles. The zero-order chi connectivity index (χ0) is 19.7. The Balaban J connectivity index is 0.000000521. The molecule has 1 aliphatic heterocycles. The maximum absolute atomic E-state index is 9.27. The predicted octanol–water partition coefficient (Wildman–Crippen LogP) is 4.47. The van der Waals surface area contributed by atoms with Crippen molar-refractivity contribution in [1.29, 1.82) is 0 Å². The molecule has 1 atom stereocenters. The van der Waals surface area contributed by atoms with Gasteiger partial charge in [0.1, 0.15) is 0 Å². The van der Waals surface area contributed by atoms with Crippen molar-refractivity contribution in [3.8, 4) is 0 Å². The molecule has 0 amide bonds. The number of hydrogen-bond acceptors (Lipinski definition) is 4. The Morgan fingerprint density at radius 2 is 1.32 bits per heavy atom. The summed E-state index contributed by atoms with van der Waals surface area (Å²) in [5.74, 6) is 1.11. The molecule has 0 radical (unpaired) electrons. The molecule has 0 bridgehead atoms. The van der Waals surface area contributed by atoms with Gasteiger partial charge in [-0.2, -0.15) is 0 Å². The van der Waals surface area contributed by atoms with Gasteiger partial charge in [-0.1, -0.05) is 69.9 Å². The van der Waals surface area contributed by atoms with E-state index in [1.807, 2.05) is 0 Å². The van der Waals surface area contributed by atoms with Crippen molar-refractivity contribution >= 4 is 0 Å². The van der Waals surface area contributed by atoms with Crippen molar-refractivity contribution in [1.82, 2.24) is 4.90 Å². The zero-order valence-corrected chi connectivity index (χ0v) is 17.2. The van der Waals surface area contributed by atoms with E-state index >= 15 is 0 Å². The van der Waals surface area contributed by atoms with Crippen molar-refractivity contribution in [3.63, 3.8) is 0 Å². The summed E-state index contributed by atoms with van der Waals surface area (Å²) in [6, 6.07) is 10.6. The Morgan fingerprint density at radius 1 is 0.786 bits per heavy atom. The Hall–Kier alpha value is -0.940. The summed E-state index contributed by atoms with van der Waals surface area (Å²) in [7, 11) is 1.00. The number of hydrogen-bond donors (Lipinski definition) is 3. The van der Waals surface area contributed by atoms with E-state index in [2.05, 4.69) is 35.2 Å². The van der Waals surface area contributed by atoms with Gasteiger partial charge in [-0.05, 0) is 49.6 Å². The molecule has 1 heterocycles. The molecule has 2 fully saturated rings. The van der Waals surface area contributed by atoms with E-state index in [1.165, 1.54) is 69.9 Å². The SMILES string of the molecule is C.CO.OCC1CCCCCC1.OCC1CCCCN(Cc2ccccc2)C1. The van der Waals surface area contributed by atoms with Gasteiger partial charge in [0.05, 0.1) is 0 Å². The molecule has 3 N–H and O–H groups in total. The fraction of sp³-hybridized carbons (Fsp3) is 0.750. The summed E-state index contributed by atoms with van der Waals surface area (Å²) in [6.45, 7) is 4.00. The number of benzene rings is 1. The van der Waals surface area contributed by atoms with Crippen LogP contribution in [0.5, 0.6) is 0 Å². The highest BCUT2D eigenvalue weighted by Gasteiger charge is 2.17. The second kappa shape index (κ2) is 18.1. The standard InChI is InChI=1S/C14H21NO.C8H16O.CH4O.CH4/c16-12-14-8-4-5-9-15(11-14)10-13-6-2-1-3-7-13;9-7-8-5-3-1-2-4-6-8;1-2;/h1-3,6-7,14,16H,4-5,8-12H2;8-9H,1-7H2;2H,1H3;1H4. The lowest BCUT2D eigenvalue weighted by Crippen LogP contribution is -2.29. The van der Waals surface area contributed by atoms with Crippen molar-refractivity contribution in [3.05, 3.63) is 35.9 Å². The maximum atomic E-state index is 9.27. The monoisotopic (exact) mass is 395 g/mol. The van der Waals surface area contributed by atoms with Crippen LogP contribution < -0.4 is 0 Å². The molecule has 164 valence electrons. The Kier molecular flexibility index (Phi) is 17.5. The lowest BCUT2D eigenvalue weighted by molar-refractivity contribution is 0.169. The van der Waals surface area contributed by atoms with Gasteiger partial charge in [0, 0.05) is 33.4 Å². The summed E-state index contributed by atoms with van der Waals surface area (Å²) in [5.41, 5.74) is 1.38. The fourth-order valence-electron chi connectivity index (χ4n) is 4.00. The molecule has 4 heteroatoms. The lowest BCUT2D eigenvalue weighted by atomic mass is 10.0. The van der Waals surface area contributed by atoms with Crippen molar-refractivity contribution in [2.45, 2.75) is 71.8 Å². The number of likely N-dealkylation sites (tertiary alicyclic amines) is 1. The molecule has 0 aromatic heterocycles. The van der Waals surface area contributed by atoms with Crippen LogP contribution in [-0.4, -0.2) is 53.6 Å². The minimum absolute atomic E-state index is 0. The minimum atomic E-state index is 0. The fourth-order valence-corrected chi connectivity index (χ4v) is 4.00. The first-order valence-corrected chi connectivity index (χ1v) is 10.7. The minimum Gasteiger partial charge on any atom is -0.400 e. The van der Waals surface area contributed by atoms with Crippen LogP contribution in [0.15, 0.2) is 30.3 Å². The van der Waals surface area contributed by atoms with E-state index in [0.29, 0.717) is 25.0 Å². The summed E-state index contributed by atoms with van der Waals surface area (Å²) >= 11 is 0. The van der Waals surface area contributed by atoms with E-state index in [0.717, 1.165) is 20.2 Å². The molecule has 0 spiro atoms. The second-order valence-electron chi connectivity index (χ2n) is 7.81. The normalized spacial score (nSPS) is 20.9. The van der Waals surface area contributed by atoms with E-state index in [-0.39, 0.29) is 7.43 Å².